The maximum Gasteiger partial charge on any atom is 0.229 e. The number of furan rings is 1. The van der Waals surface area contributed by atoms with Gasteiger partial charge in [-0.1, -0.05) is 0 Å². The minimum absolute atomic E-state index is 0.0310. The van der Waals surface area contributed by atoms with E-state index < -0.39 is 0 Å². The van der Waals surface area contributed by atoms with Crippen LogP contribution in [0.4, 0.5) is 5.82 Å². The van der Waals surface area contributed by atoms with Crippen molar-refractivity contribution in [3.05, 3.63) is 36.2 Å². The Bertz CT molecular complexity index is 692. The van der Waals surface area contributed by atoms with E-state index in [2.05, 4.69) is 19.8 Å². The summed E-state index contributed by atoms with van der Waals surface area (Å²) < 4.78 is 7.58. The van der Waals surface area contributed by atoms with E-state index >= 15 is 0 Å². The number of hydrogen-bond acceptors (Lipinski definition) is 4. The van der Waals surface area contributed by atoms with Crippen LogP contribution < -0.4 is 5.32 Å². The first kappa shape index (κ1) is 15.4. The van der Waals surface area contributed by atoms with Crippen molar-refractivity contribution < 1.29 is 9.21 Å². The van der Waals surface area contributed by atoms with E-state index in [9.17, 15) is 4.79 Å². The molecule has 1 unspecified atom stereocenters. The molecule has 1 fully saturated rings. The molecular weight excluding hydrogens is 304 g/mol. The molecular formula is C18H24N4O2. The molecule has 128 valence electrons. The zero-order valence-electron chi connectivity index (χ0n) is 13.9. The van der Waals surface area contributed by atoms with Crippen molar-refractivity contribution in [2.45, 2.75) is 45.2 Å². The molecule has 0 bridgehead atoms. The minimum Gasteiger partial charge on any atom is -0.468 e. The second-order valence-corrected chi connectivity index (χ2v) is 6.81. The molecule has 24 heavy (non-hydrogen) atoms. The van der Waals surface area contributed by atoms with Crippen LogP contribution in [0.5, 0.6) is 0 Å². The molecule has 1 saturated heterocycles. The molecule has 4 rings (SSSR count). The quantitative estimate of drug-likeness (QED) is 0.937. The molecule has 1 amide bonds. The van der Waals surface area contributed by atoms with Gasteiger partial charge in [-0.15, -0.1) is 0 Å². The highest BCUT2D eigenvalue weighted by Crippen LogP contribution is 2.23. The molecule has 6 heteroatoms. The lowest BCUT2D eigenvalue weighted by Gasteiger charge is -2.31. The van der Waals surface area contributed by atoms with Crippen LogP contribution in [0.1, 0.15) is 37.3 Å². The van der Waals surface area contributed by atoms with Crippen LogP contribution in [-0.4, -0.2) is 33.4 Å². The number of piperidine rings is 1. The molecule has 2 aliphatic rings. The average Bonchev–Trinajstić information content (AvgIpc) is 3.25. The second-order valence-electron chi connectivity index (χ2n) is 6.81. The number of aryl methyl sites for hydroxylation is 1. The van der Waals surface area contributed by atoms with Gasteiger partial charge in [0.15, 0.2) is 0 Å². The van der Waals surface area contributed by atoms with Crippen molar-refractivity contribution in [1.82, 2.24) is 14.5 Å². The fourth-order valence-electron chi connectivity index (χ4n) is 3.78. The predicted molar refractivity (Wildman–Crippen MR) is 90.5 cm³/mol. The summed E-state index contributed by atoms with van der Waals surface area (Å²) in [6.07, 6.45) is 8.86. The molecule has 2 aliphatic heterocycles. The molecule has 1 atom stereocenters. The summed E-state index contributed by atoms with van der Waals surface area (Å²) in [6.45, 7) is 3.54. The van der Waals surface area contributed by atoms with Crippen molar-refractivity contribution in [3.8, 4) is 0 Å². The molecule has 0 spiro atoms. The third-order valence-electron chi connectivity index (χ3n) is 5.06. The summed E-state index contributed by atoms with van der Waals surface area (Å²) in [5.41, 5.74) is 0. The average molecular weight is 328 g/mol. The molecule has 4 heterocycles. The number of carbonyl (C=O) groups excluding carboxylic acids is 1. The Morgan fingerprint density at radius 2 is 2.29 bits per heavy atom. The Balaban J connectivity index is 1.38. The van der Waals surface area contributed by atoms with Gasteiger partial charge < -0.3 is 14.3 Å². The van der Waals surface area contributed by atoms with E-state index in [1.54, 1.807) is 6.26 Å². The lowest BCUT2D eigenvalue weighted by molar-refractivity contribution is -0.121. The molecule has 0 aromatic carbocycles. The largest absolute Gasteiger partial charge is 0.468 e. The minimum atomic E-state index is 0.0310. The highest BCUT2D eigenvalue weighted by Gasteiger charge is 2.27. The van der Waals surface area contributed by atoms with Gasteiger partial charge in [-0.3, -0.25) is 9.69 Å². The van der Waals surface area contributed by atoms with Crippen molar-refractivity contribution in [1.29, 1.82) is 0 Å². The van der Waals surface area contributed by atoms with Gasteiger partial charge >= 0.3 is 0 Å². The van der Waals surface area contributed by atoms with E-state index in [4.69, 9.17) is 4.42 Å². The Morgan fingerprint density at radius 3 is 3.17 bits per heavy atom. The van der Waals surface area contributed by atoms with Gasteiger partial charge in [-0.05, 0) is 44.4 Å². The summed E-state index contributed by atoms with van der Waals surface area (Å²) in [4.78, 5) is 19.4. The maximum atomic E-state index is 12.7. The third kappa shape index (κ3) is 3.24. The molecule has 0 aliphatic carbocycles. The predicted octanol–water partition coefficient (Wildman–Crippen LogP) is 2.66. The Kier molecular flexibility index (Phi) is 4.38. The first-order chi connectivity index (χ1) is 11.8. The number of nitrogens with one attached hydrogen (secondary N) is 1. The van der Waals surface area contributed by atoms with E-state index in [1.807, 2.05) is 18.3 Å². The number of nitrogens with zero attached hydrogens (tertiary/aromatic N) is 3. The molecule has 6 nitrogen and oxygen atoms in total. The molecule has 2 aromatic heterocycles. The SMILES string of the molecule is O=C(Nc1cnc2n1CCCC2)C1CCCN(Cc2ccco2)C1. The highest BCUT2D eigenvalue weighted by molar-refractivity contribution is 5.92. The number of anilines is 1. The summed E-state index contributed by atoms with van der Waals surface area (Å²) in [5.74, 6) is 3.06. The number of carbonyl (C=O) groups is 1. The van der Waals surface area contributed by atoms with Crippen LogP contribution in [0, 0.1) is 5.92 Å². The lowest BCUT2D eigenvalue weighted by atomic mass is 9.97. The Labute approximate surface area is 141 Å². The van der Waals surface area contributed by atoms with Gasteiger partial charge in [0.05, 0.1) is 24.9 Å². The lowest BCUT2D eigenvalue weighted by Crippen LogP contribution is -2.40. The number of imidazole rings is 1. The van der Waals surface area contributed by atoms with E-state index in [-0.39, 0.29) is 11.8 Å². The molecule has 1 N–H and O–H groups in total. The van der Waals surface area contributed by atoms with Crippen LogP contribution in [-0.2, 0) is 24.3 Å². The zero-order chi connectivity index (χ0) is 16.4. The fourth-order valence-corrected chi connectivity index (χ4v) is 3.78. The number of rotatable bonds is 4. The van der Waals surface area contributed by atoms with Gasteiger partial charge in [0, 0.05) is 19.5 Å². The van der Waals surface area contributed by atoms with Crippen LogP contribution >= 0.6 is 0 Å². The monoisotopic (exact) mass is 328 g/mol. The Morgan fingerprint density at radius 1 is 1.33 bits per heavy atom. The van der Waals surface area contributed by atoms with Crippen molar-refractivity contribution in [3.63, 3.8) is 0 Å². The van der Waals surface area contributed by atoms with E-state index in [1.165, 1.54) is 6.42 Å². The van der Waals surface area contributed by atoms with Gasteiger partial charge in [0.2, 0.25) is 5.91 Å². The number of hydrogen-bond donors (Lipinski definition) is 1. The number of fused-ring (bicyclic) bond motifs is 1. The van der Waals surface area contributed by atoms with Crippen LogP contribution in [0.3, 0.4) is 0 Å². The number of amides is 1. The van der Waals surface area contributed by atoms with Gasteiger partial charge in [0.1, 0.15) is 17.4 Å². The normalized spacial score (nSPS) is 21.4. The second kappa shape index (κ2) is 6.81. The first-order valence-electron chi connectivity index (χ1n) is 8.89. The number of aromatic nitrogens is 2. The third-order valence-corrected chi connectivity index (χ3v) is 5.06. The molecule has 0 radical (unpaired) electrons. The standard InChI is InChI=1S/C18H24N4O2/c23-18(20-17-11-19-16-7-1-2-9-22(16)17)14-5-3-8-21(12-14)13-15-6-4-10-24-15/h4,6,10-11,14H,1-3,5,7-9,12-13H2,(H,20,23). The zero-order valence-corrected chi connectivity index (χ0v) is 13.9. The van der Waals surface area contributed by atoms with Crippen molar-refractivity contribution >= 4 is 11.7 Å². The molecule has 2 aromatic rings. The van der Waals surface area contributed by atoms with Crippen molar-refractivity contribution in [2.24, 2.45) is 5.92 Å². The van der Waals surface area contributed by atoms with E-state index in [0.29, 0.717) is 0 Å². The smallest absolute Gasteiger partial charge is 0.229 e. The van der Waals surface area contributed by atoms with Crippen LogP contribution in [0.15, 0.2) is 29.0 Å². The summed E-state index contributed by atoms with van der Waals surface area (Å²) in [6, 6.07) is 3.90. The van der Waals surface area contributed by atoms with Crippen molar-refractivity contribution in [2.75, 3.05) is 18.4 Å². The fraction of sp³-hybridized carbons (Fsp3) is 0.556. The first-order valence-corrected chi connectivity index (χ1v) is 8.89. The topological polar surface area (TPSA) is 63.3 Å². The van der Waals surface area contributed by atoms with Crippen LogP contribution in [0.2, 0.25) is 0 Å². The summed E-state index contributed by atoms with van der Waals surface area (Å²) in [7, 11) is 0. The van der Waals surface area contributed by atoms with E-state index in [0.717, 1.165) is 69.3 Å². The highest BCUT2D eigenvalue weighted by atomic mass is 16.3. The molecule has 0 saturated carbocycles. The maximum absolute atomic E-state index is 12.7. The van der Waals surface area contributed by atoms with Gasteiger partial charge in [-0.25, -0.2) is 4.98 Å². The van der Waals surface area contributed by atoms with Crippen LogP contribution in [0.25, 0.3) is 0 Å². The Hall–Kier alpha value is -2.08. The number of likely N-dealkylation sites (tertiary alicyclic amines) is 1. The summed E-state index contributed by atoms with van der Waals surface area (Å²) in [5, 5.41) is 3.11. The van der Waals surface area contributed by atoms with Gasteiger partial charge in [0.25, 0.3) is 0 Å². The van der Waals surface area contributed by atoms with Gasteiger partial charge in [-0.2, -0.15) is 0 Å². The summed E-state index contributed by atoms with van der Waals surface area (Å²) >= 11 is 0.